The van der Waals surface area contributed by atoms with E-state index in [1.807, 2.05) is 60.7 Å². The highest BCUT2D eigenvalue weighted by atomic mass is 16.7. The molecule has 0 radical (unpaired) electrons. The second-order valence-corrected chi connectivity index (χ2v) is 5.40. The number of rotatable bonds is 4. The third-order valence-electron chi connectivity index (χ3n) is 4.03. The van der Waals surface area contributed by atoms with Crippen LogP contribution in [0.25, 0.3) is 0 Å². The van der Waals surface area contributed by atoms with Crippen LogP contribution in [0.5, 0.6) is 0 Å². The van der Waals surface area contributed by atoms with Gasteiger partial charge in [0.2, 0.25) is 0 Å². The molecule has 0 bridgehead atoms. The summed E-state index contributed by atoms with van der Waals surface area (Å²) in [6, 6.07) is 22.2. The summed E-state index contributed by atoms with van der Waals surface area (Å²) in [4.78, 5) is 17.3. The van der Waals surface area contributed by atoms with Crippen molar-refractivity contribution in [3.8, 4) is 12.1 Å². The minimum Gasteiger partial charge on any atom is -0.317 e. The third kappa shape index (κ3) is 2.76. The van der Waals surface area contributed by atoms with E-state index in [1.165, 1.54) is 0 Å². The van der Waals surface area contributed by atoms with Crippen molar-refractivity contribution in [2.45, 2.75) is 5.92 Å². The van der Waals surface area contributed by atoms with Crippen LogP contribution in [0.1, 0.15) is 17.0 Å². The molecule has 0 saturated heterocycles. The maximum atomic E-state index is 12.4. The lowest BCUT2D eigenvalue weighted by atomic mass is 9.74. The van der Waals surface area contributed by atoms with Gasteiger partial charge >= 0.3 is 5.97 Å². The van der Waals surface area contributed by atoms with Crippen molar-refractivity contribution in [1.82, 2.24) is 0 Å². The number of nitriles is 2. The lowest BCUT2D eigenvalue weighted by Gasteiger charge is -2.23. The summed E-state index contributed by atoms with van der Waals surface area (Å²) in [6.07, 6.45) is 0. The van der Waals surface area contributed by atoms with Crippen LogP contribution in [-0.4, -0.2) is 11.7 Å². The summed E-state index contributed by atoms with van der Waals surface area (Å²) < 4.78 is 0. The molecule has 0 unspecified atom stereocenters. The number of hydrogen-bond acceptors (Lipinski definition) is 5. The van der Waals surface area contributed by atoms with Crippen LogP contribution in [-0.2, 0) is 9.63 Å². The highest BCUT2D eigenvalue weighted by Crippen LogP contribution is 2.37. The van der Waals surface area contributed by atoms with E-state index in [-0.39, 0.29) is 0 Å². The number of carbonyl (C=O) groups is 1. The first-order valence-corrected chi connectivity index (χ1v) is 7.44. The molecule has 0 aliphatic carbocycles. The Bertz CT molecular complexity index is 834. The van der Waals surface area contributed by atoms with E-state index in [0.29, 0.717) is 5.71 Å². The summed E-state index contributed by atoms with van der Waals surface area (Å²) in [7, 11) is 0. The van der Waals surface area contributed by atoms with Crippen molar-refractivity contribution in [2.75, 3.05) is 0 Å². The molecule has 1 heterocycles. The van der Waals surface area contributed by atoms with Gasteiger partial charge in [-0.2, -0.15) is 10.5 Å². The van der Waals surface area contributed by atoms with E-state index in [0.717, 1.165) is 11.1 Å². The predicted molar refractivity (Wildman–Crippen MR) is 86.5 cm³/mol. The van der Waals surface area contributed by atoms with Crippen molar-refractivity contribution >= 4 is 11.7 Å². The predicted octanol–water partition coefficient (Wildman–Crippen LogP) is 3.01. The molecule has 2 atom stereocenters. The maximum Gasteiger partial charge on any atom is 0.344 e. The molecular weight excluding hydrogens is 302 g/mol. The van der Waals surface area contributed by atoms with Gasteiger partial charge in [-0.15, -0.1) is 0 Å². The zero-order chi connectivity index (χ0) is 16.9. The zero-order valence-corrected chi connectivity index (χ0v) is 12.7. The van der Waals surface area contributed by atoms with Gasteiger partial charge < -0.3 is 4.84 Å². The van der Waals surface area contributed by atoms with Crippen molar-refractivity contribution in [1.29, 1.82) is 10.5 Å². The first-order chi connectivity index (χ1) is 11.8. The largest absolute Gasteiger partial charge is 0.344 e. The van der Waals surface area contributed by atoms with E-state index in [1.54, 1.807) is 12.1 Å². The summed E-state index contributed by atoms with van der Waals surface area (Å²) in [5.74, 6) is -2.97. The third-order valence-corrected chi connectivity index (χ3v) is 4.03. The van der Waals surface area contributed by atoms with Gasteiger partial charge in [-0.25, -0.2) is 4.79 Å². The van der Waals surface area contributed by atoms with Crippen LogP contribution >= 0.6 is 0 Å². The summed E-state index contributed by atoms with van der Waals surface area (Å²) in [5, 5.41) is 22.7. The average molecular weight is 315 g/mol. The summed E-state index contributed by atoms with van der Waals surface area (Å²) >= 11 is 0. The number of nitrogens with zero attached hydrogens (tertiary/aromatic N) is 3. The highest BCUT2D eigenvalue weighted by Gasteiger charge is 2.44. The van der Waals surface area contributed by atoms with Crippen molar-refractivity contribution in [3.63, 3.8) is 0 Å². The Labute approximate surface area is 139 Å². The Morgan fingerprint density at radius 3 is 2.12 bits per heavy atom. The second-order valence-electron chi connectivity index (χ2n) is 5.40. The average Bonchev–Trinajstić information content (AvgIpc) is 3.02. The van der Waals surface area contributed by atoms with Gasteiger partial charge in [-0.05, 0) is 5.56 Å². The molecule has 0 saturated carbocycles. The topological polar surface area (TPSA) is 86.2 Å². The Balaban J connectivity index is 2.10. The fourth-order valence-electron chi connectivity index (χ4n) is 2.92. The highest BCUT2D eigenvalue weighted by molar-refractivity contribution is 6.14. The number of hydrogen-bond donors (Lipinski definition) is 0. The Morgan fingerprint density at radius 2 is 1.54 bits per heavy atom. The van der Waals surface area contributed by atoms with Crippen molar-refractivity contribution in [2.24, 2.45) is 17.0 Å². The van der Waals surface area contributed by atoms with Crippen LogP contribution < -0.4 is 0 Å². The smallest absolute Gasteiger partial charge is 0.317 e. The molecule has 116 valence electrons. The van der Waals surface area contributed by atoms with Gasteiger partial charge in [0, 0.05) is 11.5 Å². The quantitative estimate of drug-likeness (QED) is 0.811. The van der Waals surface area contributed by atoms with Gasteiger partial charge in [0.15, 0.2) is 0 Å². The number of benzene rings is 2. The fraction of sp³-hybridized carbons (Fsp3) is 0.158. The first-order valence-electron chi connectivity index (χ1n) is 7.44. The van der Waals surface area contributed by atoms with Gasteiger partial charge in [0.1, 0.15) is 17.5 Å². The molecule has 2 aromatic rings. The maximum absolute atomic E-state index is 12.4. The molecule has 0 spiro atoms. The van der Waals surface area contributed by atoms with E-state index >= 15 is 0 Å². The molecule has 1 aliphatic rings. The molecule has 0 fully saturated rings. The van der Waals surface area contributed by atoms with Crippen LogP contribution in [0.3, 0.4) is 0 Å². The Kier molecular flexibility index (Phi) is 4.36. The number of carbonyl (C=O) groups excluding carboxylic acids is 1. The molecule has 0 aromatic heterocycles. The van der Waals surface area contributed by atoms with Crippen molar-refractivity contribution < 1.29 is 9.63 Å². The molecule has 3 rings (SSSR count). The normalized spacial score (nSPS) is 17.5. The van der Waals surface area contributed by atoms with E-state index in [9.17, 15) is 15.3 Å². The van der Waals surface area contributed by atoms with Crippen LogP contribution in [0.4, 0.5) is 0 Å². The molecule has 0 N–H and O–H groups in total. The minimum absolute atomic E-state index is 0.449. The lowest BCUT2D eigenvalue weighted by Crippen LogP contribution is -2.30. The van der Waals surface area contributed by atoms with Crippen molar-refractivity contribution in [3.05, 3.63) is 71.8 Å². The van der Waals surface area contributed by atoms with Gasteiger partial charge in [0.25, 0.3) is 0 Å². The fourth-order valence-corrected chi connectivity index (χ4v) is 2.92. The molecule has 24 heavy (non-hydrogen) atoms. The minimum atomic E-state index is -0.989. The van der Waals surface area contributed by atoms with E-state index in [2.05, 4.69) is 5.16 Å². The first kappa shape index (κ1) is 15.5. The van der Waals surface area contributed by atoms with Gasteiger partial charge in [-0.3, -0.25) is 0 Å². The molecule has 5 heteroatoms. The van der Waals surface area contributed by atoms with E-state index in [4.69, 9.17) is 4.84 Å². The zero-order valence-electron chi connectivity index (χ0n) is 12.7. The monoisotopic (exact) mass is 315 g/mol. The lowest BCUT2D eigenvalue weighted by molar-refractivity contribution is -0.144. The van der Waals surface area contributed by atoms with Crippen LogP contribution in [0, 0.1) is 34.5 Å². The molecule has 5 nitrogen and oxygen atoms in total. The molecule has 1 aliphatic heterocycles. The second kappa shape index (κ2) is 6.76. The summed E-state index contributed by atoms with van der Waals surface area (Å²) in [6.45, 7) is 0. The molecular formula is C19H13N3O2. The van der Waals surface area contributed by atoms with Gasteiger partial charge in [-0.1, -0.05) is 65.8 Å². The molecule has 2 aromatic carbocycles. The Morgan fingerprint density at radius 1 is 0.958 bits per heavy atom. The van der Waals surface area contributed by atoms with Crippen LogP contribution in [0.15, 0.2) is 65.8 Å². The Hall–Kier alpha value is -3.44. The standard InChI is InChI=1S/C19H13N3O2/c20-11-15(12-21)16(13-7-3-1-4-8-13)17-18(22-24-19(17)23)14-9-5-2-6-10-14/h1-10,15-17H/t16-,17+/m1/s1. The SMILES string of the molecule is N#CC(C#N)[C@@H](c1ccccc1)[C@@H]1C(=O)ON=C1c1ccccc1. The van der Waals surface area contributed by atoms with Gasteiger partial charge in [0.05, 0.1) is 12.1 Å². The van der Waals surface area contributed by atoms with E-state index < -0.39 is 23.7 Å². The van der Waals surface area contributed by atoms with Crippen LogP contribution in [0.2, 0.25) is 0 Å². The molecule has 0 amide bonds. The number of oxime groups is 1. The summed E-state index contributed by atoms with van der Waals surface area (Å²) in [5.41, 5.74) is 1.92.